The minimum atomic E-state index is -4.37. The van der Waals surface area contributed by atoms with E-state index in [2.05, 4.69) is 15.2 Å². The van der Waals surface area contributed by atoms with E-state index in [0.29, 0.717) is 12.1 Å². The highest BCUT2D eigenvalue weighted by Gasteiger charge is 2.33. The van der Waals surface area contributed by atoms with Gasteiger partial charge in [-0.05, 0) is 12.5 Å². The molecule has 0 aliphatic rings. The van der Waals surface area contributed by atoms with Gasteiger partial charge in [0, 0.05) is 5.69 Å². The average molecular weight is 215 g/mol. The molecule has 6 heteroatoms. The summed E-state index contributed by atoms with van der Waals surface area (Å²) in [6.45, 7) is 1.75. The first-order chi connectivity index (χ1) is 7.02. The molecule has 2 rings (SSSR count). The van der Waals surface area contributed by atoms with Gasteiger partial charge in [-0.25, -0.2) is 4.98 Å². The number of rotatable bonds is 1. The van der Waals surface area contributed by atoms with Crippen LogP contribution in [0.15, 0.2) is 12.3 Å². The van der Waals surface area contributed by atoms with Crippen LogP contribution in [-0.2, 0) is 12.6 Å². The standard InChI is InChI=1S/C9H8F3N3/c1-2-5-3-7(9(10,11)12)6-4-13-15-8(6)14-5/h3-4H,2H2,1H3,(H,13,14,15). The molecule has 2 aromatic heterocycles. The maximum absolute atomic E-state index is 12.6. The number of nitrogens with one attached hydrogen (secondary N) is 1. The zero-order valence-corrected chi connectivity index (χ0v) is 7.89. The maximum Gasteiger partial charge on any atom is 0.417 e. The van der Waals surface area contributed by atoms with E-state index in [0.717, 1.165) is 12.3 Å². The molecule has 0 atom stereocenters. The Labute approximate surface area is 83.3 Å². The number of pyridine rings is 1. The average Bonchev–Trinajstić information content (AvgIpc) is 2.61. The topological polar surface area (TPSA) is 41.6 Å². The number of hydrogen-bond donors (Lipinski definition) is 1. The van der Waals surface area contributed by atoms with Crippen LogP contribution in [0.3, 0.4) is 0 Å². The van der Waals surface area contributed by atoms with E-state index >= 15 is 0 Å². The lowest BCUT2D eigenvalue weighted by molar-refractivity contribution is -0.136. The Balaban J connectivity index is 2.74. The number of fused-ring (bicyclic) bond motifs is 1. The molecule has 0 amide bonds. The quantitative estimate of drug-likeness (QED) is 0.794. The lowest BCUT2D eigenvalue weighted by Crippen LogP contribution is -2.07. The van der Waals surface area contributed by atoms with Gasteiger partial charge >= 0.3 is 6.18 Å². The second-order valence-corrected chi connectivity index (χ2v) is 3.14. The highest BCUT2D eigenvalue weighted by molar-refractivity contribution is 5.78. The van der Waals surface area contributed by atoms with Crippen LogP contribution < -0.4 is 0 Å². The van der Waals surface area contributed by atoms with Crippen LogP contribution in [-0.4, -0.2) is 15.2 Å². The summed E-state index contributed by atoms with van der Waals surface area (Å²) in [5.41, 5.74) is -0.0983. The Hall–Kier alpha value is -1.59. The van der Waals surface area contributed by atoms with Crippen molar-refractivity contribution in [2.45, 2.75) is 19.5 Å². The molecule has 1 N–H and O–H groups in total. The smallest absolute Gasteiger partial charge is 0.261 e. The van der Waals surface area contributed by atoms with Crippen molar-refractivity contribution in [1.29, 1.82) is 0 Å². The predicted octanol–water partition coefficient (Wildman–Crippen LogP) is 2.54. The molecule has 0 bridgehead atoms. The molecule has 80 valence electrons. The molecule has 0 unspecified atom stereocenters. The van der Waals surface area contributed by atoms with Crippen molar-refractivity contribution >= 4 is 11.0 Å². The first kappa shape index (κ1) is 9.95. The normalized spacial score (nSPS) is 12.3. The third-order valence-electron chi connectivity index (χ3n) is 2.14. The third-order valence-corrected chi connectivity index (χ3v) is 2.14. The number of aryl methyl sites for hydroxylation is 1. The number of aromatic amines is 1. The van der Waals surface area contributed by atoms with Gasteiger partial charge < -0.3 is 0 Å². The fraction of sp³-hybridized carbons (Fsp3) is 0.333. The molecule has 0 aliphatic carbocycles. The fourth-order valence-corrected chi connectivity index (χ4v) is 1.40. The number of hydrogen-bond acceptors (Lipinski definition) is 2. The summed E-state index contributed by atoms with van der Waals surface area (Å²) in [6, 6.07) is 1.07. The van der Waals surface area contributed by atoms with Gasteiger partial charge in [0.25, 0.3) is 0 Å². The second-order valence-electron chi connectivity index (χ2n) is 3.14. The summed E-state index contributed by atoms with van der Waals surface area (Å²) >= 11 is 0. The Bertz CT molecular complexity index is 487. The van der Waals surface area contributed by atoms with Crippen LogP contribution in [0.2, 0.25) is 0 Å². The van der Waals surface area contributed by atoms with E-state index in [1.807, 2.05) is 0 Å². The summed E-state index contributed by atoms with van der Waals surface area (Å²) in [5, 5.41) is 6.02. The summed E-state index contributed by atoms with van der Waals surface area (Å²) in [7, 11) is 0. The molecule has 0 fully saturated rings. The van der Waals surface area contributed by atoms with Gasteiger partial charge in [-0.15, -0.1) is 0 Å². The van der Waals surface area contributed by atoms with Crippen molar-refractivity contribution in [3.8, 4) is 0 Å². The summed E-state index contributed by atoms with van der Waals surface area (Å²) < 4.78 is 37.9. The molecule has 15 heavy (non-hydrogen) atoms. The lowest BCUT2D eigenvalue weighted by atomic mass is 10.1. The molecular formula is C9H8F3N3. The lowest BCUT2D eigenvalue weighted by Gasteiger charge is -2.08. The highest BCUT2D eigenvalue weighted by atomic mass is 19.4. The first-order valence-corrected chi connectivity index (χ1v) is 4.42. The van der Waals surface area contributed by atoms with Crippen LogP contribution in [0.5, 0.6) is 0 Å². The summed E-state index contributed by atoms with van der Waals surface area (Å²) in [4.78, 5) is 4.01. The Morgan fingerprint density at radius 3 is 2.73 bits per heavy atom. The summed E-state index contributed by atoms with van der Waals surface area (Å²) in [5.74, 6) is 0. The molecule has 0 saturated carbocycles. The number of H-pyrrole nitrogens is 1. The minimum absolute atomic E-state index is 0.0136. The maximum atomic E-state index is 12.6. The van der Waals surface area contributed by atoms with E-state index in [9.17, 15) is 13.2 Å². The number of nitrogens with zero attached hydrogens (tertiary/aromatic N) is 2. The van der Waals surface area contributed by atoms with Crippen LogP contribution in [0, 0.1) is 0 Å². The first-order valence-electron chi connectivity index (χ1n) is 4.42. The van der Waals surface area contributed by atoms with Gasteiger partial charge in [0.05, 0.1) is 17.1 Å². The van der Waals surface area contributed by atoms with Crippen molar-refractivity contribution in [2.24, 2.45) is 0 Å². The molecule has 2 heterocycles. The van der Waals surface area contributed by atoms with E-state index in [1.54, 1.807) is 6.92 Å². The van der Waals surface area contributed by atoms with Crippen LogP contribution in [0.25, 0.3) is 11.0 Å². The Morgan fingerprint density at radius 1 is 1.40 bits per heavy atom. The van der Waals surface area contributed by atoms with E-state index in [-0.39, 0.29) is 11.0 Å². The Morgan fingerprint density at radius 2 is 2.13 bits per heavy atom. The van der Waals surface area contributed by atoms with Crippen molar-refractivity contribution in [1.82, 2.24) is 15.2 Å². The molecule has 3 nitrogen and oxygen atoms in total. The van der Waals surface area contributed by atoms with Gasteiger partial charge in [-0.3, -0.25) is 5.10 Å². The largest absolute Gasteiger partial charge is 0.417 e. The third kappa shape index (κ3) is 1.67. The highest BCUT2D eigenvalue weighted by Crippen LogP contribution is 2.34. The summed E-state index contributed by atoms with van der Waals surface area (Å²) in [6.07, 6.45) is -2.77. The van der Waals surface area contributed by atoms with Crippen molar-refractivity contribution in [2.75, 3.05) is 0 Å². The Kier molecular flexibility index (Phi) is 2.13. The molecular weight excluding hydrogens is 207 g/mol. The predicted molar refractivity (Wildman–Crippen MR) is 48.3 cm³/mol. The van der Waals surface area contributed by atoms with Gasteiger partial charge in [-0.1, -0.05) is 6.92 Å². The number of alkyl halides is 3. The monoisotopic (exact) mass is 215 g/mol. The second kappa shape index (κ2) is 3.22. The van der Waals surface area contributed by atoms with Crippen molar-refractivity contribution in [3.63, 3.8) is 0 Å². The number of aromatic nitrogens is 3. The molecule has 0 radical (unpaired) electrons. The molecule has 0 aromatic carbocycles. The van der Waals surface area contributed by atoms with E-state index in [4.69, 9.17) is 0 Å². The van der Waals surface area contributed by atoms with Gasteiger partial charge in [-0.2, -0.15) is 18.3 Å². The zero-order chi connectivity index (χ0) is 11.1. The van der Waals surface area contributed by atoms with Gasteiger partial charge in [0.2, 0.25) is 0 Å². The van der Waals surface area contributed by atoms with Gasteiger partial charge in [0.15, 0.2) is 5.65 Å². The molecule has 0 aliphatic heterocycles. The van der Waals surface area contributed by atoms with Crippen molar-refractivity contribution in [3.05, 3.63) is 23.5 Å². The van der Waals surface area contributed by atoms with E-state index in [1.165, 1.54) is 0 Å². The van der Waals surface area contributed by atoms with Crippen LogP contribution in [0.1, 0.15) is 18.2 Å². The molecule has 0 spiro atoms. The zero-order valence-electron chi connectivity index (χ0n) is 7.89. The molecule has 0 saturated heterocycles. The molecule has 2 aromatic rings. The van der Waals surface area contributed by atoms with E-state index < -0.39 is 11.7 Å². The minimum Gasteiger partial charge on any atom is -0.261 e. The van der Waals surface area contributed by atoms with Crippen molar-refractivity contribution < 1.29 is 13.2 Å². The number of halogens is 3. The van der Waals surface area contributed by atoms with Crippen LogP contribution in [0.4, 0.5) is 13.2 Å². The van der Waals surface area contributed by atoms with Gasteiger partial charge in [0.1, 0.15) is 0 Å². The fourth-order valence-electron chi connectivity index (χ4n) is 1.40. The van der Waals surface area contributed by atoms with Crippen LogP contribution >= 0.6 is 0 Å². The SMILES string of the molecule is CCc1cc(C(F)(F)F)c2cn[nH]c2n1.